The zero-order chi connectivity index (χ0) is 13.8. The lowest BCUT2D eigenvalue weighted by molar-refractivity contribution is 0.725. The quantitative estimate of drug-likeness (QED) is 0.837. The molecule has 0 amide bonds. The minimum atomic E-state index is 0.0370. The predicted molar refractivity (Wildman–Crippen MR) is 87.6 cm³/mol. The topological polar surface area (TPSA) is 34.0 Å². The number of halogens is 1. The maximum atomic E-state index is 11.5. The first kappa shape index (κ1) is 14.1. The molecule has 0 radical (unpaired) electrons. The summed E-state index contributed by atoms with van der Waals surface area (Å²) in [7, 11) is 0. The molecular formula is C15H17IN2O. The molecular weight excluding hydrogens is 351 g/mol. The molecule has 1 unspecified atom stereocenters. The van der Waals surface area contributed by atoms with E-state index in [1.165, 1.54) is 9.13 Å². The fraction of sp³-hybridized carbons (Fsp3) is 0.267. The largest absolute Gasteiger partial charge is 0.377 e. The van der Waals surface area contributed by atoms with E-state index in [-0.39, 0.29) is 11.6 Å². The van der Waals surface area contributed by atoms with E-state index in [2.05, 4.69) is 59.1 Å². The Labute approximate surface area is 126 Å². The van der Waals surface area contributed by atoms with Gasteiger partial charge in [-0.05, 0) is 60.2 Å². The van der Waals surface area contributed by atoms with Crippen molar-refractivity contribution in [3.05, 3.63) is 62.1 Å². The van der Waals surface area contributed by atoms with E-state index in [0.29, 0.717) is 6.54 Å². The van der Waals surface area contributed by atoms with Gasteiger partial charge in [0.2, 0.25) is 0 Å². The summed E-state index contributed by atoms with van der Waals surface area (Å²) in [6.45, 7) is 4.77. The standard InChI is InChI=1S/C15H17IN2O/c1-3-18-10-14(8-9-15(18)19)17-11(2)12-4-6-13(16)7-5-12/h4-11,17H,3H2,1-2H3. The molecule has 1 aromatic carbocycles. The summed E-state index contributed by atoms with van der Waals surface area (Å²) < 4.78 is 2.93. The van der Waals surface area contributed by atoms with Gasteiger partial charge in [-0.25, -0.2) is 0 Å². The maximum absolute atomic E-state index is 11.5. The molecule has 0 aliphatic rings. The monoisotopic (exact) mass is 368 g/mol. The zero-order valence-corrected chi connectivity index (χ0v) is 13.2. The van der Waals surface area contributed by atoms with E-state index in [0.717, 1.165) is 5.69 Å². The van der Waals surface area contributed by atoms with Gasteiger partial charge in [0.25, 0.3) is 5.56 Å². The number of benzene rings is 1. The first-order valence-corrected chi connectivity index (χ1v) is 7.40. The number of pyridine rings is 1. The molecule has 0 saturated carbocycles. The lowest BCUT2D eigenvalue weighted by Gasteiger charge is -2.16. The van der Waals surface area contributed by atoms with Crippen LogP contribution in [0.1, 0.15) is 25.5 Å². The molecule has 100 valence electrons. The fourth-order valence-corrected chi connectivity index (χ4v) is 2.31. The number of hydrogen-bond donors (Lipinski definition) is 1. The number of nitrogens with one attached hydrogen (secondary N) is 1. The van der Waals surface area contributed by atoms with Gasteiger partial charge in [-0.3, -0.25) is 4.79 Å². The lowest BCUT2D eigenvalue weighted by atomic mass is 10.1. The van der Waals surface area contributed by atoms with Gasteiger partial charge < -0.3 is 9.88 Å². The van der Waals surface area contributed by atoms with Crippen LogP contribution in [0, 0.1) is 3.57 Å². The molecule has 0 aliphatic heterocycles. The average Bonchev–Trinajstić information content (AvgIpc) is 2.41. The van der Waals surface area contributed by atoms with Crippen molar-refractivity contribution >= 4 is 28.3 Å². The zero-order valence-electron chi connectivity index (χ0n) is 11.1. The van der Waals surface area contributed by atoms with Crippen LogP contribution < -0.4 is 10.9 Å². The molecule has 0 bridgehead atoms. The molecule has 19 heavy (non-hydrogen) atoms. The lowest BCUT2D eigenvalue weighted by Crippen LogP contribution is -2.18. The number of aromatic nitrogens is 1. The molecule has 0 aliphatic carbocycles. The molecule has 4 heteroatoms. The van der Waals surface area contributed by atoms with Crippen LogP contribution in [0.3, 0.4) is 0 Å². The van der Waals surface area contributed by atoms with Crippen molar-refractivity contribution in [3.8, 4) is 0 Å². The highest BCUT2D eigenvalue weighted by molar-refractivity contribution is 14.1. The van der Waals surface area contributed by atoms with E-state index in [1.54, 1.807) is 10.6 Å². The highest BCUT2D eigenvalue weighted by atomic mass is 127. The summed E-state index contributed by atoms with van der Waals surface area (Å²) in [5.74, 6) is 0. The minimum Gasteiger partial charge on any atom is -0.377 e. The summed E-state index contributed by atoms with van der Waals surface area (Å²) in [5.41, 5.74) is 2.23. The van der Waals surface area contributed by atoms with Crippen LogP contribution in [-0.4, -0.2) is 4.57 Å². The second-order valence-electron chi connectivity index (χ2n) is 4.46. The predicted octanol–water partition coefficient (Wildman–Crippen LogP) is 3.65. The fourth-order valence-electron chi connectivity index (χ4n) is 1.95. The van der Waals surface area contributed by atoms with E-state index < -0.39 is 0 Å². The van der Waals surface area contributed by atoms with Crippen molar-refractivity contribution in [1.29, 1.82) is 0 Å². The Balaban J connectivity index is 2.16. The highest BCUT2D eigenvalue weighted by Crippen LogP contribution is 2.19. The molecule has 0 fully saturated rings. The van der Waals surface area contributed by atoms with Gasteiger partial charge in [0.1, 0.15) is 0 Å². The molecule has 3 nitrogen and oxygen atoms in total. The Morgan fingerprint density at radius 1 is 1.21 bits per heavy atom. The molecule has 2 aromatic rings. The summed E-state index contributed by atoms with van der Waals surface area (Å²) in [4.78, 5) is 11.5. The Morgan fingerprint density at radius 2 is 1.89 bits per heavy atom. The molecule has 1 heterocycles. The first-order chi connectivity index (χ1) is 9.10. The van der Waals surface area contributed by atoms with Crippen molar-refractivity contribution in [1.82, 2.24) is 4.57 Å². The summed E-state index contributed by atoms with van der Waals surface area (Å²) in [6.07, 6.45) is 1.87. The van der Waals surface area contributed by atoms with Crippen LogP contribution in [-0.2, 0) is 6.54 Å². The van der Waals surface area contributed by atoms with E-state index in [9.17, 15) is 4.79 Å². The van der Waals surface area contributed by atoms with Gasteiger partial charge in [-0.1, -0.05) is 12.1 Å². The van der Waals surface area contributed by atoms with Crippen molar-refractivity contribution < 1.29 is 0 Å². The maximum Gasteiger partial charge on any atom is 0.250 e. The molecule has 1 N–H and O–H groups in total. The van der Waals surface area contributed by atoms with Crippen LogP contribution in [0.25, 0.3) is 0 Å². The normalized spacial score (nSPS) is 12.2. The van der Waals surface area contributed by atoms with Crippen molar-refractivity contribution in [2.24, 2.45) is 0 Å². The third-order valence-corrected chi connectivity index (χ3v) is 3.80. The van der Waals surface area contributed by atoms with Crippen LogP contribution in [0.15, 0.2) is 47.4 Å². The van der Waals surface area contributed by atoms with E-state index >= 15 is 0 Å². The van der Waals surface area contributed by atoms with Crippen molar-refractivity contribution in [2.45, 2.75) is 26.4 Å². The smallest absolute Gasteiger partial charge is 0.250 e. The first-order valence-electron chi connectivity index (χ1n) is 6.32. The third kappa shape index (κ3) is 3.59. The minimum absolute atomic E-state index is 0.0370. The SMILES string of the molecule is CCn1cc(NC(C)c2ccc(I)cc2)ccc1=O. The van der Waals surface area contributed by atoms with Crippen LogP contribution in [0.2, 0.25) is 0 Å². The second-order valence-corrected chi connectivity index (χ2v) is 5.71. The summed E-state index contributed by atoms with van der Waals surface area (Å²) in [5, 5.41) is 3.42. The van der Waals surface area contributed by atoms with E-state index in [1.807, 2.05) is 19.2 Å². The van der Waals surface area contributed by atoms with E-state index in [4.69, 9.17) is 0 Å². The number of aryl methyl sites for hydroxylation is 1. The molecule has 0 spiro atoms. The Hall–Kier alpha value is -1.30. The number of rotatable bonds is 4. The summed E-state index contributed by atoms with van der Waals surface area (Å²) >= 11 is 2.30. The molecule has 1 atom stereocenters. The summed E-state index contributed by atoms with van der Waals surface area (Å²) in [6, 6.07) is 12.1. The van der Waals surface area contributed by atoms with Gasteiger partial charge in [-0.2, -0.15) is 0 Å². The van der Waals surface area contributed by atoms with Gasteiger partial charge in [-0.15, -0.1) is 0 Å². The molecule has 0 saturated heterocycles. The molecule has 1 aromatic heterocycles. The van der Waals surface area contributed by atoms with Crippen LogP contribution in [0.4, 0.5) is 5.69 Å². The Kier molecular flexibility index (Phi) is 4.63. The third-order valence-electron chi connectivity index (χ3n) is 3.08. The van der Waals surface area contributed by atoms with Crippen molar-refractivity contribution in [3.63, 3.8) is 0 Å². The van der Waals surface area contributed by atoms with Gasteiger partial charge in [0.15, 0.2) is 0 Å². The number of hydrogen-bond acceptors (Lipinski definition) is 2. The Bertz CT molecular complexity index is 604. The second kappa shape index (κ2) is 6.23. The number of anilines is 1. The number of nitrogens with zero attached hydrogens (tertiary/aromatic N) is 1. The van der Waals surface area contributed by atoms with Crippen LogP contribution >= 0.6 is 22.6 Å². The van der Waals surface area contributed by atoms with Crippen molar-refractivity contribution in [2.75, 3.05) is 5.32 Å². The van der Waals surface area contributed by atoms with Crippen LogP contribution in [0.5, 0.6) is 0 Å². The molecule has 2 rings (SSSR count). The van der Waals surface area contributed by atoms with Gasteiger partial charge in [0, 0.05) is 28.4 Å². The Morgan fingerprint density at radius 3 is 2.53 bits per heavy atom. The van der Waals surface area contributed by atoms with Gasteiger partial charge in [0.05, 0.1) is 5.69 Å². The highest BCUT2D eigenvalue weighted by Gasteiger charge is 2.05. The average molecular weight is 368 g/mol. The van der Waals surface area contributed by atoms with Gasteiger partial charge >= 0.3 is 0 Å².